The van der Waals surface area contributed by atoms with Crippen LogP contribution in [0.15, 0.2) is 49.4 Å². The van der Waals surface area contributed by atoms with Crippen LogP contribution in [0.5, 0.6) is 0 Å². The van der Waals surface area contributed by atoms with Crippen LogP contribution >= 0.6 is 0 Å². The number of nitrogens with one attached hydrogen (secondary N) is 2. The lowest BCUT2D eigenvalue weighted by atomic mass is 10.1. The average molecular weight is 458 g/mol. The fourth-order valence-electron chi connectivity index (χ4n) is 3.86. The Kier molecular flexibility index (Phi) is 6.85. The molecular weight excluding hydrogens is 430 g/mol. The predicted molar refractivity (Wildman–Crippen MR) is 132 cm³/mol. The van der Waals surface area contributed by atoms with Crippen LogP contribution in [-0.2, 0) is 11.8 Å². The lowest BCUT2D eigenvalue weighted by Crippen LogP contribution is -2.46. The van der Waals surface area contributed by atoms with Gasteiger partial charge in [-0.3, -0.25) is 9.48 Å². The zero-order valence-electron chi connectivity index (χ0n) is 19.3. The second kappa shape index (κ2) is 10.1. The second-order valence-corrected chi connectivity index (χ2v) is 7.94. The number of anilines is 4. The summed E-state index contributed by atoms with van der Waals surface area (Å²) in [6.45, 7) is 10.6. The summed E-state index contributed by atoms with van der Waals surface area (Å²) in [4.78, 5) is 25.7. The Morgan fingerprint density at radius 2 is 2.03 bits per heavy atom. The molecule has 34 heavy (non-hydrogen) atoms. The van der Waals surface area contributed by atoms with Gasteiger partial charge < -0.3 is 20.4 Å². The van der Waals surface area contributed by atoms with Crippen LogP contribution in [0.3, 0.4) is 0 Å². The molecule has 4 rings (SSSR count). The van der Waals surface area contributed by atoms with E-state index in [0.717, 1.165) is 38.4 Å². The number of aryl methyl sites for hydroxylation is 1. The van der Waals surface area contributed by atoms with Crippen LogP contribution in [0.4, 0.5) is 23.0 Å². The first kappa shape index (κ1) is 22.9. The molecule has 0 unspecified atom stereocenters. The molecule has 0 bridgehead atoms. The van der Waals surface area contributed by atoms with E-state index in [4.69, 9.17) is 0 Å². The molecule has 1 saturated heterocycles. The molecule has 1 fully saturated rings. The number of nitrogens with zero attached hydrogens (tertiary/aromatic N) is 7. The highest BCUT2D eigenvalue weighted by Gasteiger charge is 2.18. The molecule has 2 aromatic heterocycles. The molecule has 1 aromatic carbocycles. The van der Waals surface area contributed by atoms with E-state index in [1.54, 1.807) is 24.1 Å². The first-order chi connectivity index (χ1) is 16.5. The summed E-state index contributed by atoms with van der Waals surface area (Å²) < 4.78 is 1.65. The Labute approximate surface area is 198 Å². The zero-order chi connectivity index (χ0) is 24.1. The minimum atomic E-state index is -0.312. The third kappa shape index (κ3) is 5.05. The highest BCUT2D eigenvalue weighted by atomic mass is 16.1. The molecule has 1 aliphatic rings. The maximum absolute atomic E-state index is 12.1. The number of piperazine rings is 1. The molecule has 3 heterocycles. The molecule has 0 spiro atoms. The molecule has 10 nitrogen and oxygen atoms in total. The SMILES string of the molecule is C=CC(=O)Nc1cc(N2CCN(CC)CC2)ccc1Nc1ncc(C#N)c(-c2cnn(C)c2)n1. The molecule has 174 valence electrons. The third-order valence-electron chi connectivity index (χ3n) is 5.77. The van der Waals surface area contributed by atoms with E-state index >= 15 is 0 Å². The molecule has 0 radical (unpaired) electrons. The summed E-state index contributed by atoms with van der Waals surface area (Å²) in [5, 5.41) is 19.7. The van der Waals surface area contributed by atoms with E-state index in [1.807, 2.05) is 18.2 Å². The molecule has 10 heteroatoms. The van der Waals surface area contributed by atoms with Gasteiger partial charge in [-0.05, 0) is 30.8 Å². The summed E-state index contributed by atoms with van der Waals surface area (Å²) in [6.07, 6.45) is 6.14. The van der Waals surface area contributed by atoms with Gasteiger partial charge in [0.1, 0.15) is 6.07 Å². The number of benzene rings is 1. The van der Waals surface area contributed by atoms with Gasteiger partial charge in [0.05, 0.1) is 35.0 Å². The van der Waals surface area contributed by atoms with E-state index in [1.165, 1.54) is 12.3 Å². The number of hydrogen-bond acceptors (Lipinski definition) is 8. The van der Waals surface area contributed by atoms with Gasteiger partial charge in [-0.15, -0.1) is 0 Å². The third-order valence-corrected chi connectivity index (χ3v) is 5.77. The molecule has 3 aromatic rings. The fourth-order valence-corrected chi connectivity index (χ4v) is 3.86. The summed E-state index contributed by atoms with van der Waals surface area (Å²) in [5.41, 5.74) is 3.79. The molecule has 1 aliphatic heterocycles. The summed E-state index contributed by atoms with van der Waals surface area (Å²) in [7, 11) is 1.80. The number of nitriles is 1. The minimum Gasteiger partial charge on any atom is -0.369 e. The second-order valence-electron chi connectivity index (χ2n) is 7.94. The van der Waals surface area contributed by atoms with Crippen molar-refractivity contribution < 1.29 is 4.79 Å². The Morgan fingerprint density at radius 1 is 1.24 bits per heavy atom. The van der Waals surface area contributed by atoms with Crippen LogP contribution in [0, 0.1) is 11.3 Å². The van der Waals surface area contributed by atoms with E-state index in [0.29, 0.717) is 34.1 Å². The quantitative estimate of drug-likeness (QED) is 0.521. The number of likely N-dealkylation sites (N-methyl/N-ethyl adjacent to an activating group) is 1. The van der Waals surface area contributed by atoms with Crippen molar-refractivity contribution in [2.24, 2.45) is 7.05 Å². The van der Waals surface area contributed by atoms with Gasteiger partial charge in [-0.2, -0.15) is 10.4 Å². The smallest absolute Gasteiger partial charge is 0.247 e. The number of hydrogen-bond donors (Lipinski definition) is 2. The highest BCUT2D eigenvalue weighted by Crippen LogP contribution is 2.31. The normalized spacial score (nSPS) is 13.9. The van der Waals surface area contributed by atoms with Gasteiger partial charge >= 0.3 is 0 Å². The van der Waals surface area contributed by atoms with Gasteiger partial charge in [-0.25, -0.2) is 9.97 Å². The van der Waals surface area contributed by atoms with Crippen LogP contribution in [-0.4, -0.2) is 63.3 Å². The number of aromatic nitrogens is 4. The van der Waals surface area contributed by atoms with Gasteiger partial charge in [0, 0.05) is 50.7 Å². The van der Waals surface area contributed by atoms with Gasteiger partial charge in [0.25, 0.3) is 0 Å². The predicted octanol–water partition coefficient (Wildman–Crippen LogP) is 2.76. The van der Waals surface area contributed by atoms with Gasteiger partial charge in [-0.1, -0.05) is 13.5 Å². The standard InChI is InChI=1S/C24H27N9O/c1-4-22(34)28-21-12-19(33-10-8-32(5-2)9-11-33)6-7-20(21)29-24-26-14-17(13-25)23(30-24)18-15-27-31(3)16-18/h4,6-7,12,14-16H,1,5,8-11H2,2-3H3,(H,28,34)(H,26,29,30). The summed E-state index contributed by atoms with van der Waals surface area (Å²) >= 11 is 0. The van der Waals surface area contributed by atoms with Crippen LogP contribution in [0.2, 0.25) is 0 Å². The fraction of sp³-hybridized carbons (Fsp3) is 0.292. The Hall–Kier alpha value is -4.23. The zero-order valence-corrected chi connectivity index (χ0v) is 19.3. The largest absolute Gasteiger partial charge is 0.369 e. The topological polar surface area (TPSA) is 115 Å². The van der Waals surface area contributed by atoms with E-state index in [9.17, 15) is 10.1 Å². The maximum Gasteiger partial charge on any atom is 0.247 e. The molecule has 2 N–H and O–H groups in total. The molecule has 1 amide bonds. The average Bonchev–Trinajstić information content (AvgIpc) is 3.31. The van der Waals surface area contributed by atoms with Crippen molar-refractivity contribution in [2.75, 3.05) is 48.3 Å². The van der Waals surface area contributed by atoms with Crippen molar-refractivity contribution >= 4 is 28.9 Å². The first-order valence-electron chi connectivity index (χ1n) is 11.1. The number of carbonyl (C=O) groups is 1. The Bertz CT molecular complexity index is 1240. The Balaban J connectivity index is 1.64. The van der Waals surface area contributed by atoms with Gasteiger partial charge in [0.2, 0.25) is 11.9 Å². The van der Waals surface area contributed by atoms with Crippen molar-refractivity contribution in [3.05, 3.63) is 55.0 Å². The van der Waals surface area contributed by atoms with E-state index < -0.39 is 0 Å². The number of amides is 1. The molecule has 0 saturated carbocycles. The van der Waals surface area contributed by atoms with Crippen molar-refractivity contribution in [3.8, 4) is 17.3 Å². The number of carbonyl (C=O) groups excluding carboxylic acids is 1. The maximum atomic E-state index is 12.1. The van der Waals surface area contributed by atoms with Crippen molar-refractivity contribution in [1.82, 2.24) is 24.6 Å². The highest BCUT2D eigenvalue weighted by molar-refractivity contribution is 6.02. The Morgan fingerprint density at radius 3 is 2.68 bits per heavy atom. The van der Waals surface area contributed by atoms with E-state index in [-0.39, 0.29) is 5.91 Å². The van der Waals surface area contributed by atoms with Gasteiger partial charge in [0.15, 0.2) is 0 Å². The lowest BCUT2D eigenvalue weighted by molar-refractivity contribution is -0.111. The summed E-state index contributed by atoms with van der Waals surface area (Å²) in [5.74, 6) is -0.0101. The first-order valence-corrected chi connectivity index (χ1v) is 11.1. The van der Waals surface area contributed by atoms with Crippen molar-refractivity contribution in [1.29, 1.82) is 5.26 Å². The molecular formula is C24H27N9O. The van der Waals surface area contributed by atoms with Crippen LogP contribution in [0.25, 0.3) is 11.3 Å². The molecule has 0 atom stereocenters. The summed E-state index contributed by atoms with van der Waals surface area (Å²) in [6, 6.07) is 7.97. The number of rotatable bonds is 7. The monoisotopic (exact) mass is 457 g/mol. The van der Waals surface area contributed by atoms with E-state index in [2.05, 4.69) is 55.1 Å². The van der Waals surface area contributed by atoms with Crippen molar-refractivity contribution in [2.45, 2.75) is 6.92 Å². The van der Waals surface area contributed by atoms with Crippen LogP contribution < -0.4 is 15.5 Å². The van der Waals surface area contributed by atoms with Crippen LogP contribution in [0.1, 0.15) is 12.5 Å². The lowest BCUT2D eigenvalue weighted by Gasteiger charge is -2.35. The van der Waals surface area contributed by atoms with Crippen molar-refractivity contribution in [3.63, 3.8) is 0 Å². The molecule has 0 aliphatic carbocycles. The minimum absolute atomic E-state index is 0.302.